The van der Waals surface area contributed by atoms with Crippen molar-refractivity contribution < 1.29 is 9.53 Å². The Labute approximate surface area is 107 Å². The van der Waals surface area contributed by atoms with E-state index in [0.717, 1.165) is 4.88 Å². The zero-order valence-corrected chi connectivity index (χ0v) is 11.8. The number of thiophene rings is 1. The standard InChI is InChI=1S/C13H21NO2S/c1-5-16-12(15)8-9(14)10-6-7-11(17-10)13(2,3)4/h6-7,9H,5,8,14H2,1-4H3. The van der Waals surface area contributed by atoms with Gasteiger partial charge in [-0.1, -0.05) is 20.8 Å². The molecule has 1 rings (SSSR count). The van der Waals surface area contributed by atoms with Crippen LogP contribution in [0.15, 0.2) is 12.1 Å². The molecule has 2 N–H and O–H groups in total. The third kappa shape index (κ3) is 4.13. The predicted molar refractivity (Wildman–Crippen MR) is 71.2 cm³/mol. The van der Waals surface area contributed by atoms with Crippen molar-refractivity contribution in [1.82, 2.24) is 0 Å². The van der Waals surface area contributed by atoms with Crippen molar-refractivity contribution in [3.05, 3.63) is 21.9 Å². The Morgan fingerprint density at radius 3 is 2.59 bits per heavy atom. The molecule has 0 amide bonds. The fourth-order valence-electron chi connectivity index (χ4n) is 1.46. The number of ether oxygens (including phenoxy) is 1. The van der Waals surface area contributed by atoms with Gasteiger partial charge in [-0.15, -0.1) is 11.3 Å². The molecular weight excluding hydrogens is 234 g/mol. The molecule has 1 unspecified atom stereocenters. The van der Waals surface area contributed by atoms with Gasteiger partial charge in [0.2, 0.25) is 0 Å². The molecule has 0 radical (unpaired) electrons. The zero-order valence-electron chi connectivity index (χ0n) is 10.9. The van der Waals surface area contributed by atoms with E-state index in [4.69, 9.17) is 10.5 Å². The van der Waals surface area contributed by atoms with Crippen molar-refractivity contribution in [3.8, 4) is 0 Å². The highest BCUT2D eigenvalue weighted by molar-refractivity contribution is 7.12. The predicted octanol–water partition coefficient (Wildman–Crippen LogP) is 3.00. The summed E-state index contributed by atoms with van der Waals surface area (Å²) in [5.41, 5.74) is 6.12. The average molecular weight is 255 g/mol. The van der Waals surface area contributed by atoms with Crippen LogP contribution in [0.5, 0.6) is 0 Å². The van der Waals surface area contributed by atoms with Crippen LogP contribution in [0.3, 0.4) is 0 Å². The number of hydrogen-bond acceptors (Lipinski definition) is 4. The fourth-order valence-corrected chi connectivity index (χ4v) is 2.52. The van der Waals surface area contributed by atoms with E-state index in [0.29, 0.717) is 6.61 Å². The number of carbonyl (C=O) groups is 1. The van der Waals surface area contributed by atoms with Crippen LogP contribution in [0.4, 0.5) is 0 Å². The second kappa shape index (κ2) is 5.65. The molecule has 0 aromatic carbocycles. The first-order valence-electron chi connectivity index (χ1n) is 5.86. The second-order valence-corrected chi connectivity index (χ2v) is 6.18. The summed E-state index contributed by atoms with van der Waals surface area (Å²) in [4.78, 5) is 13.7. The number of esters is 1. The lowest BCUT2D eigenvalue weighted by atomic mass is 9.95. The highest BCUT2D eigenvalue weighted by atomic mass is 32.1. The highest BCUT2D eigenvalue weighted by Gasteiger charge is 2.19. The van der Waals surface area contributed by atoms with Crippen LogP contribution in [0, 0.1) is 0 Å². The molecule has 0 saturated heterocycles. The Morgan fingerprint density at radius 1 is 1.47 bits per heavy atom. The van der Waals surface area contributed by atoms with E-state index >= 15 is 0 Å². The monoisotopic (exact) mass is 255 g/mol. The summed E-state index contributed by atoms with van der Waals surface area (Å²) in [6.07, 6.45) is 0.248. The normalized spacial score (nSPS) is 13.5. The summed E-state index contributed by atoms with van der Waals surface area (Å²) in [5.74, 6) is -0.231. The van der Waals surface area contributed by atoms with Crippen LogP contribution in [-0.2, 0) is 14.9 Å². The third-order valence-corrected chi connectivity index (χ3v) is 4.07. The Kier molecular flexibility index (Phi) is 4.71. The molecule has 3 nitrogen and oxygen atoms in total. The van der Waals surface area contributed by atoms with Crippen molar-refractivity contribution in [2.45, 2.75) is 45.6 Å². The molecule has 0 aliphatic rings. The lowest BCUT2D eigenvalue weighted by molar-refractivity contribution is -0.143. The van der Waals surface area contributed by atoms with Gasteiger partial charge in [-0.3, -0.25) is 4.79 Å². The Balaban J connectivity index is 2.67. The molecule has 0 bridgehead atoms. The van der Waals surface area contributed by atoms with Gasteiger partial charge in [0.1, 0.15) is 0 Å². The largest absolute Gasteiger partial charge is 0.466 e. The van der Waals surface area contributed by atoms with Crippen molar-refractivity contribution in [3.63, 3.8) is 0 Å². The molecule has 1 heterocycles. The van der Waals surface area contributed by atoms with Gasteiger partial charge in [0.15, 0.2) is 0 Å². The van der Waals surface area contributed by atoms with E-state index in [1.165, 1.54) is 4.88 Å². The van der Waals surface area contributed by atoms with Crippen molar-refractivity contribution in [2.75, 3.05) is 6.61 Å². The summed E-state index contributed by atoms with van der Waals surface area (Å²) >= 11 is 1.68. The Bertz CT molecular complexity index is 379. The van der Waals surface area contributed by atoms with Gasteiger partial charge in [-0.2, -0.15) is 0 Å². The van der Waals surface area contributed by atoms with Gasteiger partial charge in [0, 0.05) is 15.8 Å². The van der Waals surface area contributed by atoms with Gasteiger partial charge in [0.05, 0.1) is 13.0 Å². The summed E-state index contributed by atoms with van der Waals surface area (Å²) in [6, 6.07) is 3.84. The molecule has 0 aliphatic carbocycles. The minimum absolute atomic E-state index is 0.132. The Hall–Kier alpha value is -0.870. The zero-order chi connectivity index (χ0) is 13.1. The van der Waals surface area contributed by atoms with E-state index in [9.17, 15) is 4.79 Å². The average Bonchev–Trinajstić information content (AvgIpc) is 2.65. The summed E-state index contributed by atoms with van der Waals surface area (Å²) in [5, 5.41) is 0. The minimum Gasteiger partial charge on any atom is -0.466 e. The third-order valence-electron chi connectivity index (χ3n) is 2.42. The molecule has 1 aromatic heterocycles. The first kappa shape index (κ1) is 14.2. The topological polar surface area (TPSA) is 52.3 Å². The molecule has 0 aliphatic heterocycles. The maximum atomic E-state index is 11.3. The molecule has 4 heteroatoms. The first-order chi connectivity index (χ1) is 7.84. The first-order valence-corrected chi connectivity index (χ1v) is 6.67. The highest BCUT2D eigenvalue weighted by Crippen LogP contribution is 2.32. The van der Waals surface area contributed by atoms with Crippen molar-refractivity contribution in [1.29, 1.82) is 0 Å². The van der Waals surface area contributed by atoms with Gasteiger partial charge in [-0.05, 0) is 24.5 Å². The van der Waals surface area contributed by atoms with Crippen molar-refractivity contribution in [2.24, 2.45) is 5.73 Å². The second-order valence-electron chi connectivity index (χ2n) is 5.07. The molecule has 0 spiro atoms. The number of carbonyl (C=O) groups excluding carboxylic acids is 1. The van der Waals surface area contributed by atoms with Crippen LogP contribution >= 0.6 is 11.3 Å². The van der Waals surface area contributed by atoms with E-state index in [-0.39, 0.29) is 23.8 Å². The SMILES string of the molecule is CCOC(=O)CC(N)c1ccc(C(C)(C)C)s1. The van der Waals surface area contributed by atoms with Gasteiger partial charge < -0.3 is 10.5 Å². The van der Waals surface area contributed by atoms with Crippen molar-refractivity contribution >= 4 is 17.3 Å². The minimum atomic E-state index is -0.254. The number of rotatable bonds is 4. The number of nitrogens with two attached hydrogens (primary N) is 1. The quantitative estimate of drug-likeness (QED) is 0.841. The van der Waals surface area contributed by atoms with E-state index < -0.39 is 0 Å². The summed E-state index contributed by atoms with van der Waals surface area (Å²) in [6.45, 7) is 8.70. The van der Waals surface area contributed by atoms with Gasteiger partial charge >= 0.3 is 5.97 Å². The maximum Gasteiger partial charge on any atom is 0.307 e. The fraction of sp³-hybridized carbons (Fsp3) is 0.615. The molecule has 1 atom stereocenters. The van der Waals surface area contributed by atoms with E-state index in [2.05, 4.69) is 26.8 Å². The molecule has 17 heavy (non-hydrogen) atoms. The number of hydrogen-bond donors (Lipinski definition) is 1. The van der Waals surface area contributed by atoms with Crippen LogP contribution in [0.25, 0.3) is 0 Å². The summed E-state index contributed by atoms with van der Waals surface area (Å²) < 4.78 is 4.89. The van der Waals surface area contributed by atoms with E-state index in [1.807, 2.05) is 6.07 Å². The summed E-state index contributed by atoms with van der Waals surface area (Å²) in [7, 11) is 0. The Morgan fingerprint density at radius 2 is 2.12 bits per heavy atom. The molecule has 0 fully saturated rings. The van der Waals surface area contributed by atoms with Crippen LogP contribution < -0.4 is 5.73 Å². The lowest BCUT2D eigenvalue weighted by Crippen LogP contribution is -2.16. The van der Waals surface area contributed by atoms with Crippen LogP contribution in [-0.4, -0.2) is 12.6 Å². The molecular formula is C13H21NO2S. The molecule has 96 valence electrons. The molecule has 0 saturated carbocycles. The van der Waals surface area contributed by atoms with Crippen LogP contribution in [0.1, 0.15) is 49.9 Å². The lowest BCUT2D eigenvalue weighted by Gasteiger charge is -2.15. The van der Waals surface area contributed by atoms with Gasteiger partial charge in [-0.25, -0.2) is 0 Å². The smallest absolute Gasteiger partial charge is 0.307 e. The molecule has 1 aromatic rings. The van der Waals surface area contributed by atoms with E-state index in [1.54, 1.807) is 18.3 Å². The maximum absolute atomic E-state index is 11.3. The van der Waals surface area contributed by atoms with Crippen LogP contribution in [0.2, 0.25) is 0 Å². The van der Waals surface area contributed by atoms with Gasteiger partial charge in [0.25, 0.3) is 0 Å².